The van der Waals surface area contributed by atoms with E-state index in [0.29, 0.717) is 13.0 Å². The molecule has 1 saturated heterocycles. The van der Waals surface area contributed by atoms with Crippen LogP contribution in [0.25, 0.3) is 11.0 Å². The van der Waals surface area contributed by atoms with E-state index in [4.69, 9.17) is 0 Å². The maximum absolute atomic E-state index is 12.2. The van der Waals surface area contributed by atoms with Gasteiger partial charge in [-0.1, -0.05) is 12.1 Å². The van der Waals surface area contributed by atoms with Gasteiger partial charge >= 0.3 is 11.9 Å². The largest absolute Gasteiger partial charge is 0.389 e. The third-order valence-electron chi connectivity index (χ3n) is 4.73. The van der Waals surface area contributed by atoms with Crippen molar-refractivity contribution >= 4 is 11.0 Å². The van der Waals surface area contributed by atoms with Crippen molar-refractivity contribution in [1.29, 1.82) is 0 Å². The summed E-state index contributed by atoms with van der Waals surface area (Å²) < 4.78 is 38.3. The van der Waals surface area contributed by atoms with Crippen LogP contribution in [0, 0.1) is 0 Å². The minimum atomic E-state index is -4.05. The van der Waals surface area contributed by atoms with Gasteiger partial charge in [0, 0.05) is 25.6 Å². The van der Waals surface area contributed by atoms with Crippen LogP contribution in [0.4, 0.5) is 13.2 Å². The Hall–Kier alpha value is -1.76. The van der Waals surface area contributed by atoms with E-state index in [2.05, 4.69) is 9.88 Å². The number of rotatable bonds is 5. The normalized spacial score (nSPS) is 17.6. The van der Waals surface area contributed by atoms with Gasteiger partial charge in [0.1, 0.15) is 0 Å². The highest BCUT2D eigenvalue weighted by Gasteiger charge is 2.27. The Balaban J connectivity index is 1.53. The van der Waals surface area contributed by atoms with E-state index in [1.807, 2.05) is 28.8 Å². The summed E-state index contributed by atoms with van der Waals surface area (Å²) in [5, 5.41) is 0. The zero-order valence-electron chi connectivity index (χ0n) is 13.5. The van der Waals surface area contributed by atoms with Crippen LogP contribution < -0.4 is 5.69 Å². The van der Waals surface area contributed by atoms with E-state index in [1.54, 1.807) is 0 Å². The number of hydrogen-bond acceptors (Lipinski definition) is 2. The van der Waals surface area contributed by atoms with Crippen molar-refractivity contribution in [2.45, 2.75) is 44.3 Å². The van der Waals surface area contributed by atoms with E-state index in [1.165, 1.54) is 0 Å². The molecule has 4 nitrogen and oxygen atoms in total. The number of para-hydroxylation sites is 2. The van der Waals surface area contributed by atoms with E-state index in [0.717, 1.165) is 37.0 Å². The number of aromatic nitrogens is 2. The first-order valence-corrected chi connectivity index (χ1v) is 8.42. The lowest BCUT2D eigenvalue weighted by Gasteiger charge is -2.32. The predicted octanol–water partition coefficient (Wildman–Crippen LogP) is 3.70. The average molecular weight is 341 g/mol. The number of aromatic amines is 1. The summed E-state index contributed by atoms with van der Waals surface area (Å²) in [6, 6.07) is 7.80. The van der Waals surface area contributed by atoms with Gasteiger partial charge in [-0.3, -0.25) is 4.57 Å². The lowest BCUT2D eigenvalue weighted by atomic mass is 10.0. The highest BCUT2D eigenvalue weighted by atomic mass is 19.4. The van der Waals surface area contributed by atoms with Gasteiger partial charge < -0.3 is 9.88 Å². The second-order valence-corrected chi connectivity index (χ2v) is 6.46. The molecule has 24 heavy (non-hydrogen) atoms. The highest BCUT2D eigenvalue weighted by molar-refractivity contribution is 5.75. The molecule has 7 heteroatoms. The molecular weight excluding hydrogens is 319 g/mol. The number of imidazole rings is 1. The van der Waals surface area contributed by atoms with Crippen LogP contribution in [0.15, 0.2) is 29.1 Å². The first-order chi connectivity index (χ1) is 11.4. The zero-order valence-corrected chi connectivity index (χ0v) is 13.5. The van der Waals surface area contributed by atoms with Crippen LogP contribution in [-0.2, 0) is 0 Å². The standard InChI is InChI=1S/C17H22F3N3O/c18-17(19,20)9-3-4-10-22-11-7-13(8-12-22)23-15-6-2-1-5-14(15)21-16(23)24/h1-2,5-6,13H,3-4,7-12H2,(H,21,24). The first kappa shape index (κ1) is 17.1. The second kappa shape index (κ2) is 7.01. The Bertz CT molecular complexity index is 726. The molecule has 1 aromatic heterocycles. The third-order valence-corrected chi connectivity index (χ3v) is 4.73. The monoisotopic (exact) mass is 341 g/mol. The fraction of sp³-hybridized carbons (Fsp3) is 0.588. The Labute approximate surface area is 138 Å². The molecule has 0 atom stereocenters. The lowest BCUT2D eigenvalue weighted by Crippen LogP contribution is -2.37. The number of fused-ring (bicyclic) bond motifs is 1. The number of benzene rings is 1. The molecule has 0 spiro atoms. The number of likely N-dealkylation sites (tertiary alicyclic amines) is 1. The van der Waals surface area contributed by atoms with Crippen LogP contribution in [0.1, 0.15) is 38.1 Å². The van der Waals surface area contributed by atoms with Crippen molar-refractivity contribution in [2.75, 3.05) is 19.6 Å². The summed E-state index contributed by atoms with van der Waals surface area (Å²) in [4.78, 5) is 17.3. The number of alkyl halides is 3. The maximum atomic E-state index is 12.2. The number of piperidine rings is 1. The number of unbranched alkanes of at least 4 members (excludes halogenated alkanes) is 1. The van der Waals surface area contributed by atoms with E-state index in [-0.39, 0.29) is 18.2 Å². The average Bonchev–Trinajstić information content (AvgIpc) is 2.87. The number of H-pyrrole nitrogens is 1. The molecule has 1 aromatic carbocycles. The Morgan fingerprint density at radius 1 is 1.12 bits per heavy atom. The lowest BCUT2D eigenvalue weighted by molar-refractivity contribution is -0.135. The topological polar surface area (TPSA) is 41.0 Å². The van der Waals surface area contributed by atoms with Gasteiger partial charge in [-0.15, -0.1) is 0 Å². The summed E-state index contributed by atoms with van der Waals surface area (Å²) in [6.07, 6.45) is -2.30. The van der Waals surface area contributed by atoms with Crippen LogP contribution in [0.3, 0.4) is 0 Å². The summed E-state index contributed by atoms with van der Waals surface area (Å²) in [6.45, 7) is 2.34. The molecule has 0 aliphatic carbocycles. The molecular formula is C17H22F3N3O. The van der Waals surface area contributed by atoms with E-state index >= 15 is 0 Å². The molecule has 0 bridgehead atoms. The van der Waals surface area contributed by atoms with Crippen LogP contribution in [-0.4, -0.2) is 40.3 Å². The Morgan fingerprint density at radius 3 is 2.54 bits per heavy atom. The predicted molar refractivity (Wildman–Crippen MR) is 87.2 cm³/mol. The fourth-order valence-corrected chi connectivity index (χ4v) is 3.50. The number of nitrogens with zero attached hydrogens (tertiary/aromatic N) is 2. The van der Waals surface area contributed by atoms with Crippen molar-refractivity contribution in [3.63, 3.8) is 0 Å². The number of hydrogen-bond donors (Lipinski definition) is 1. The van der Waals surface area contributed by atoms with Crippen molar-refractivity contribution in [3.05, 3.63) is 34.7 Å². The minimum absolute atomic E-state index is 0.0835. The van der Waals surface area contributed by atoms with Crippen LogP contribution in [0.5, 0.6) is 0 Å². The van der Waals surface area contributed by atoms with Crippen molar-refractivity contribution in [2.24, 2.45) is 0 Å². The van der Waals surface area contributed by atoms with Crippen molar-refractivity contribution in [3.8, 4) is 0 Å². The fourth-order valence-electron chi connectivity index (χ4n) is 3.50. The van der Waals surface area contributed by atoms with Gasteiger partial charge in [-0.05, 0) is 44.4 Å². The first-order valence-electron chi connectivity index (χ1n) is 8.42. The van der Waals surface area contributed by atoms with Gasteiger partial charge in [-0.25, -0.2) is 4.79 Å². The molecule has 3 rings (SSSR count). The molecule has 1 aliphatic rings. The van der Waals surface area contributed by atoms with Crippen molar-refractivity contribution < 1.29 is 13.2 Å². The van der Waals surface area contributed by atoms with E-state index in [9.17, 15) is 18.0 Å². The summed E-state index contributed by atoms with van der Waals surface area (Å²) in [5.74, 6) is 0. The maximum Gasteiger partial charge on any atom is 0.389 e. The molecule has 1 aliphatic heterocycles. The molecule has 2 aromatic rings. The van der Waals surface area contributed by atoms with Crippen LogP contribution >= 0.6 is 0 Å². The van der Waals surface area contributed by atoms with Gasteiger partial charge in [0.05, 0.1) is 11.0 Å². The Morgan fingerprint density at radius 2 is 1.83 bits per heavy atom. The summed E-state index contributed by atoms with van der Waals surface area (Å²) >= 11 is 0. The SMILES string of the molecule is O=c1[nH]c2ccccc2n1C1CCN(CCCCC(F)(F)F)CC1. The van der Waals surface area contributed by atoms with Crippen LogP contribution in [0.2, 0.25) is 0 Å². The van der Waals surface area contributed by atoms with Gasteiger partial charge in [0.15, 0.2) is 0 Å². The molecule has 0 radical (unpaired) electrons. The highest BCUT2D eigenvalue weighted by Crippen LogP contribution is 2.26. The van der Waals surface area contributed by atoms with Gasteiger partial charge in [0.2, 0.25) is 0 Å². The van der Waals surface area contributed by atoms with Crippen molar-refractivity contribution in [1.82, 2.24) is 14.5 Å². The zero-order chi connectivity index (χ0) is 17.2. The van der Waals surface area contributed by atoms with E-state index < -0.39 is 12.6 Å². The third kappa shape index (κ3) is 4.01. The molecule has 1 N–H and O–H groups in total. The molecule has 0 saturated carbocycles. The molecule has 0 unspecified atom stereocenters. The molecule has 1 fully saturated rings. The number of halogens is 3. The molecule has 132 valence electrons. The number of nitrogens with one attached hydrogen (secondary N) is 1. The smallest absolute Gasteiger partial charge is 0.306 e. The second-order valence-electron chi connectivity index (χ2n) is 6.46. The molecule has 2 heterocycles. The minimum Gasteiger partial charge on any atom is -0.306 e. The van der Waals surface area contributed by atoms with Gasteiger partial charge in [-0.2, -0.15) is 13.2 Å². The Kier molecular flexibility index (Phi) is 4.99. The van der Waals surface area contributed by atoms with Gasteiger partial charge in [0.25, 0.3) is 0 Å². The summed E-state index contributed by atoms with van der Waals surface area (Å²) in [5.41, 5.74) is 1.68. The quantitative estimate of drug-likeness (QED) is 0.843. The molecule has 0 amide bonds. The summed E-state index contributed by atoms with van der Waals surface area (Å²) in [7, 11) is 0.